The highest BCUT2D eigenvalue weighted by atomic mass is 32.1. The Labute approximate surface area is 175 Å². The summed E-state index contributed by atoms with van der Waals surface area (Å²) >= 11 is 1.49. The van der Waals surface area contributed by atoms with Gasteiger partial charge in [0.2, 0.25) is 0 Å². The summed E-state index contributed by atoms with van der Waals surface area (Å²) in [5, 5.41) is 0.659. The van der Waals surface area contributed by atoms with Gasteiger partial charge in [-0.05, 0) is 57.8 Å². The van der Waals surface area contributed by atoms with Gasteiger partial charge in [-0.2, -0.15) is 0 Å². The Kier molecular flexibility index (Phi) is 7.06. The Balaban J connectivity index is 1.83. The van der Waals surface area contributed by atoms with Crippen molar-refractivity contribution in [1.29, 1.82) is 0 Å². The first-order valence-electron chi connectivity index (χ1n) is 9.65. The van der Waals surface area contributed by atoms with E-state index in [0.717, 1.165) is 28.1 Å². The first-order chi connectivity index (χ1) is 14.0. The largest absolute Gasteiger partial charge is 0.492 e. The van der Waals surface area contributed by atoms with Crippen molar-refractivity contribution in [3.05, 3.63) is 48.0 Å². The van der Waals surface area contributed by atoms with Crippen LogP contribution in [0.1, 0.15) is 12.5 Å². The van der Waals surface area contributed by atoms with Crippen LogP contribution in [0.3, 0.4) is 0 Å². The Morgan fingerprint density at radius 2 is 1.90 bits per heavy atom. The van der Waals surface area contributed by atoms with Crippen molar-refractivity contribution < 1.29 is 14.3 Å². The number of aromatic nitrogens is 1. The number of hydrogen-bond acceptors (Lipinski definition) is 6. The molecule has 1 aromatic heterocycles. The summed E-state index contributed by atoms with van der Waals surface area (Å²) in [6.45, 7) is 5.73. The predicted molar refractivity (Wildman–Crippen MR) is 118 cm³/mol. The third-order valence-electron chi connectivity index (χ3n) is 4.33. The van der Waals surface area contributed by atoms with Gasteiger partial charge in [0.05, 0.1) is 11.3 Å². The molecule has 3 aromatic rings. The summed E-state index contributed by atoms with van der Waals surface area (Å²) in [7, 11) is 3.97. The van der Waals surface area contributed by atoms with Crippen LogP contribution in [0.15, 0.2) is 42.5 Å². The number of hydrogen-bond donors (Lipinski definition) is 0. The molecule has 0 unspecified atom stereocenters. The molecule has 0 saturated heterocycles. The van der Waals surface area contributed by atoms with Crippen LogP contribution >= 0.6 is 11.3 Å². The van der Waals surface area contributed by atoms with E-state index < -0.39 is 0 Å². The number of fused-ring (bicyclic) bond motifs is 1. The molecule has 0 aliphatic carbocycles. The lowest BCUT2D eigenvalue weighted by Crippen LogP contribution is -2.39. The Morgan fingerprint density at radius 3 is 2.62 bits per heavy atom. The number of carbonyl (C=O) groups is 1. The van der Waals surface area contributed by atoms with Crippen molar-refractivity contribution >= 4 is 32.6 Å². The molecule has 0 aliphatic heterocycles. The van der Waals surface area contributed by atoms with Crippen LogP contribution in [-0.4, -0.2) is 56.2 Å². The molecule has 29 heavy (non-hydrogen) atoms. The van der Waals surface area contributed by atoms with Crippen molar-refractivity contribution in [3.8, 4) is 11.5 Å². The fourth-order valence-corrected chi connectivity index (χ4v) is 3.88. The quantitative estimate of drug-likeness (QED) is 0.531. The first-order valence-corrected chi connectivity index (χ1v) is 10.5. The van der Waals surface area contributed by atoms with E-state index in [1.807, 2.05) is 75.3 Å². The lowest BCUT2D eigenvalue weighted by atomic mass is 10.2. The van der Waals surface area contributed by atoms with E-state index in [1.54, 1.807) is 4.90 Å². The topological polar surface area (TPSA) is 54.9 Å². The number of nitrogens with zero attached hydrogens (tertiary/aromatic N) is 3. The fraction of sp³-hybridized carbons (Fsp3) is 0.364. The summed E-state index contributed by atoms with van der Waals surface area (Å²) in [4.78, 5) is 21.5. The van der Waals surface area contributed by atoms with Crippen molar-refractivity contribution in [2.24, 2.45) is 0 Å². The molecule has 154 valence electrons. The van der Waals surface area contributed by atoms with Crippen LogP contribution in [-0.2, 0) is 4.79 Å². The van der Waals surface area contributed by atoms with Crippen molar-refractivity contribution in [1.82, 2.24) is 9.88 Å². The summed E-state index contributed by atoms with van der Waals surface area (Å²) < 4.78 is 12.4. The number of benzene rings is 2. The Morgan fingerprint density at radius 1 is 1.10 bits per heavy atom. The van der Waals surface area contributed by atoms with E-state index in [0.29, 0.717) is 24.0 Å². The van der Waals surface area contributed by atoms with E-state index in [-0.39, 0.29) is 12.5 Å². The number of thiazole rings is 1. The molecule has 0 fully saturated rings. The lowest BCUT2D eigenvalue weighted by Gasteiger charge is -2.22. The molecule has 2 aromatic carbocycles. The maximum absolute atomic E-state index is 13.0. The summed E-state index contributed by atoms with van der Waals surface area (Å²) in [6.07, 6.45) is 0. The standard InChI is InChI=1S/C22H27N3O3S/c1-5-27-18-10-7-11-19-21(18)23-22(29-19)25(13-12-24(3)4)20(26)15-28-17-9-6-8-16(2)14-17/h6-11,14H,5,12-13,15H2,1-4H3. The predicted octanol–water partition coefficient (Wildman–Crippen LogP) is 3.98. The summed E-state index contributed by atoms with van der Waals surface area (Å²) in [6, 6.07) is 13.5. The number of rotatable bonds is 9. The van der Waals surface area contributed by atoms with Crippen molar-refractivity contribution in [2.45, 2.75) is 13.8 Å². The molecule has 0 saturated carbocycles. The fourth-order valence-electron chi connectivity index (χ4n) is 2.85. The molecule has 0 spiro atoms. The van der Waals surface area contributed by atoms with Crippen molar-refractivity contribution in [2.75, 3.05) is 45.3 Å². The maximum Gasteiger partial charge on any atom is 0.266 e. The normalized spacial score (nSPS) is 11.1. The van der Waals surface area contributed by atoms with Crippen LogP contribution in [0.2, 0.25) is 0 Å². The van der Waals surface area contributed by atoms with Gasteiger partial charge in [0, 0.05) is 13.1 Å². The summed E-state index contributed by atoms with van der Waals surface area (Å²) in [5.74, 6) is 1.31. The van der Waals surface area contributed by atoms with Gasteiger partial charge in [0.1, 0.15) is 17.0 Å². The van der Waals surface area contributed by atoms with Crippen LogP contribution < -0.4 is 14.4 Å². The van der Waals surface area contributed by atoms with Crippen LogP contribution in [0.4, 0.5) is 5.13 Å². The molecule has 0 radical (unpaired) electrons. The smallest absolute Gasteiger partial charge is 0.266 e. The number of amides is 1. The molecular formula is C22H27N3O3S. The third kappa shape index (κ3) is 5.46. The highest BCUT2D eigenvalue weighted by Gasteiger charge is 2.21. The molecule has 0 atom stereocenters. The maximum atomic E-state index is 13.0. The average molecular weight is 414 g/mol. The molecule has 3 rings (SSSR count). The Hall–Kier alpha value is -2.64. The van der Waals surface area contributed by atoms with Gasteiger partial charge in [-0.25, -0.2) is 4.98 Å². The second-order valence-electron chi connectivity index (χ2n) is 6.99. The highest BCUT2D eigenvalue weighted by molar-refractivity contribution is 7.22. The number of carbonyl (C=O) groups excluding carboxylic acids is 1. The minimum absolute atomic E-state index is 0.0366. The highest BCUT2D eigenvalue weighted by Crippen LogP contribution is 2.34. The zero-order chi connectivity index (χ0) is 20.8. The first kappa shape index (κ1) is 21.1. The minimum atomic E-state index is -0.120. The van der Waals surface area contributed by atoms with Gasteiger partial charge < -0.3 is 14.4 Å². The number of aryl methyl sites for hydroxylation is 1. The van der Waals surface area contributed by atoms with Gasteiger partial charge in [-0.3, -0.25) is 9.69 Å². The molecule has 1 heterocycles. The molecule has 0 N–H and O–H groups in total. The van der Waals surface area contributed by atoms with E-state index in [4.69, 9.17) is 14.5 Å². The zero-order valence-corrected chi connectivity index (χ0v) is 18.2. The van der Waals surface area contributed by atoms with Crippen LogP contribution in [0.5, 0.6) is 11.5 Å². The average Bonchev–Trinajstić information content (AvgIpc) is 3.11. The van der Waals surface area contributed by atoms with Crippen LogP contribution in [0.25, 0.3) is 10.2 Å². The minimum Gasteiger partial charge on any atom is -0.492 e. The number of ether oxygens (including phenoxy) is 2. The number of likely N-dealkylation sites (N-methyl/N-ethyl adjacent to an activating group) is 1. The lowest BCUT2D eigenvalue weighted by molar-refractivity contribution is -0.120. The number of para-hydroxylation sites is 1. The molecule has 7 heteroatoms. The van der Waals surface area contributed by atoms with Gasteiger partial charge in [0.15, 0.2) is 11.7 Å². The zero-order valence-electron chi connectivity index (χ0n) is 17.3. The van der Waals surface area contributed by atoms with Gasteiger partial charge >= 0.3 is 0 Å². The molecule has 0 bridgehead atoms. The molecular weight excluding hydrogens is 386 g/mol. The monoisotopic (exact) mass is 413 g/mol. The van der Waals surface area contributed by atoms with E-state index >= 15 is 0 Å². The second kappa shape index (κ2) is 9.71. The van der Waals surface area contributed by atoms with E-state index in [2.05, 4.69) is 0 Å². The Bertz CT molecular complexity index is 971. The summed E-state index contributed by atoms with van der Waals surface area (Å²) in [5.41, 5.74) is 1.88. The van der Waals surface area contributed by atoms with E-state index in [1.165, 1.54) is 11.3 Å². The molecule has 6 nitrogen and oxygen atoms in total. The van der Waals surface area contributed by atoms with Crippen molar-refractivity contribution in [3.63, 3.8) is 0 Å². The van der Waals surface area contributed by atoms with Crippen LogP contribution in [0, 0.1) is 6.92 Å². The van der Waals surface area contributed by atoms with Gasteiger partial charge in [-0.15, -0.1) is 0 Å². The SMILES string of the molecule is CCOc1cccc2sc(N(CCN(C)C)C(=O)COc3cccc(C)c3)nc12. The third-order valence-corrected chi connectivity index (χ3v) is 5.37. The number of anilines is 1. The molecule has 0 aliphatic rings. The van der Waals surface area contributed by atoms with Gasteiger partial charge in [-0.1, -0.05) is 29.5 Å². The van der Waals surface area contributed by atoms with Gasteiger partial charge in [0.25, 0.3) is 5.91 Å². The molecule has 1 amide bonds. The second-order valence-corrected chi connectivity index (χ2v) is 8.00. The van der Waals surface area contributed by atoms with E-state index in [9.17, 15) is 4.79 Å².